The summed E-state index contributed by atoms with van der Waals surface area (Å²) in [6.45, 7) is 3.76. The molecule has 2 heterocycles. The molecular weight excluding hydrogens is 380 g/mol. The molecule has 0 saturated carbocycles. The topological polar surface area (TPSA) is 61.2 Å². The summed E-state index contributed by atoms with van der Waals surface area (Å²) in [7, 11) is 1.37. The first-order valence-electron chi connectivity index (χ1n) is 8.88. The Hall–Kier alpha value is -2.12. The summed E-state index contributed by atoms with van der Waals surface area (Å²) in [4.78, 5) is 32.3. The van der Waals surface area contributed by atoms with Crippen molar-refractivity contribution in [3.8, 4) is 5.69 Å². The van der Waals surface area contributed by atoms with Crippen LogP contribution in [0.1, 0.15) is 29.3 Å². The van der Waals surface area contributed by atoms with Gasteiger partial charge in [0, 0.05) is 4.88 Å². The fourth-order valence-corrected chi connectivity index (χ4v) is 5.73. The first-order valence-corrected chi connectivity index (χ1v) is 10.6. The van der Waals surface area contributed by atoms with E-state index >= 15 is 0 Å². The lowest BCUT2D eigenvalue weighted by atomic mass is 10.2. The maximum atomic E-state index is 13.5. The third-order valence-electron chi connectivity index (χ3n) is 4.78. The van der Waals surface area contributed by atoms with Crippen molar-refractivity contribution >= 4 is 39.3 Å². The number of ether oxygens (including phenoxy) is 1. The minimum absolute atomic E-state index is 0.0513. The van der Waals surface area contributed by atoms with E-state index < -0.39 is 5.25 Å². The summed E-state index contributed by atoms with van der Waals surface area (Å²) in [5, 5.41) is 0.808. The van der Waals surface area contributed by atoms with E-state index in [0.717, 1.165) is 46.3 Å². The van der Waals surface area contributed by atoms with E-state index in [1.165, 1.54) is 23.7 Å². The van der Waals surface area contributed by atoms with E-state index in [1.807, 2.05) is 31.2 Å². The van der Waals surface area contributed by atoms with Crippen LogP contribution in [0, 0.1) is 6.92 Å². The molecule has 1 aliphatic rings. The van der Waals surface area contributed by atoms with Gasteiger partial charge >= 0.3 is 5.97 Å². The van der Waals surface area contributed by atoms with Gasteiger partial charge in [-0.05, 0) is 56.4 Å². The molecule has 1 atom stereocenters. The van der Waals surface area contributed by atoms with Gasteiger partial charge in [-0.3, -0.25) is 14.2 Å². The predicted molar refractivity (Wildman–Crippen MR) is 109 cm³/mol. The van der Waals surface area contributed by atoms with Crippen molar-refractivity contribution in [2.24, 2.45) is 0 Å². The van der Waals surface area contributed by atoms with Crippen molar-refractivity contribution < 1.29 is 9.53 Å². The molecule has 7 heteroatoms. The molecule has 1 aliphatic carbocycles. The van der Waals surface area contributed by atoms with Crippen LogP contribution in [0.3, 0.4) is 0 Å². The van der Waals surface area contributed by atoms with Gasteiger partial charge in [0.25, 0.3) is 5.56 Å². The number of nitrogens with zero attached hydrogens (tertiary/aromatic N) is 2. The van der Waals surface area contributed by atoms with Gasteiger partial charge < -0.3 is 4.74 Å². The Morgan fingerprint density at radius 1 is 1.37 bits per heavy atom. The number of esters is 1. The van der Waals surface area contributed by atoms with E-state index in [-0.39, 0.29) is 11.5 Å². The summed E-state index contributed by atoms with van der Waals surface area (Å²) in [6, 6.07) is 7.79. The number of benzene rings is 1. The Balaban J connectivity index is 1.96. The van der Waals surface area contributed by atoms with E-state index in [0.29, 0.717) is 5.16 Å². The molecule has 4 rings (SSSR count). The van der Waals surface area contributed by atoms with Gasteiger partial charge in [-0.25, -0.2) is 4.98 Å². The van der Waals surface area contributed by atoms with E-state index in [9.17, 15) is 9.59 Å². The molecule has 0 amide bonds. The first-order chi connectivity index (χ1) is 13.0. The zero-order valence-electron chi connectivity index (χ0n) is 15.4. The van der Waals surface area contributed by atoms with Crippen molar-refractivity contribution in [1.82, 2.24) is 9.55 Å². The van der Waals surface area contributed by atoms with Gasteiger partial charge in [0.05, 0.1) is 18.2 Å². The number of fused-ring (bicyclic) bond motifs is 3. The van der Waals surface area contributed by atoms with Crippen LogP contribution in [0.25, 0.3) is 15.9 Å². The Morgan fingerprint density at radius 2 is 2.19 bits per heavy atom. The van der Waals surface area contributed by atoms with Crippen LogP contribution in [0.5, 0.6) is 0 Å². The summed E-state index contributed by atoms with van der Waals surface area (Å²) in [5.74, 6) is -0.334. The molecule has 0 aliphatic heterocycles. The maximum Gasteiger partial charge on any atom is 0.318 e. The zero-order valence-corrected chi connectivity index (χ0v) is 17.1. The molecule has 0 spiro atoms. The van der Waals surface area contributed by atoms with E-state index in [1.54, 1.807) is 22.8 Å². The van der Waals surface area contributed by atoms with Gasteiger partial charge in [0.2, 0.25) is 0 Å². The van der Waals surface area contributed by atoms with Gasteiger partial charge in [0.1, 0.15) is 10.1 Å². The van der Waals surface area contributed by atoms with Crippen molar-refractivity contribution in [3.63, 3.8) is 0 Å². The van der Waals surface area contributed by atoms with Gasteiger partial charge in [-0.2, -0.15) is 0 Å². The number of carbonyl (C=O) groups excluding carboxylic acids is 1. The molecule has 140 valence electrons. The molecule has 2 aromatic heterocycles. The van der Waals surface area contributed by atoms with Crippen molar-refractivity contribution in [1.29, 1.82) is 0 Å². The SMILES string of the molecule is COC(=O)C(C)Sc1nc2sc3c(c2c(=O)n1-c1cccc(C)c1)CCC3. The average Bonchev–Trinajstić information content (AvgIpc) is 3.21. The van der Waals surface area contributed by atoms with Crippen LogP contribution in [-0.2, 0) is 22.4 Å². The van der Waals surface area contributed by atoms with E-state index in [2.05, 4.69) is 0 Å². The highest BCUT2D eigenvalue weighted by atomic mass is 32.2. The molecule has 0 bridgehead atoms. The molecule has 5 nitrogen and oxygen atoms in total. The normalized spacial score (nSPS) is 14.3. The fraction of sp³-hybridized carbons (Fsp3) is 0.350. The average molecular weight is 401 g/mol. The molecule has 1 aromatic carbocycles. The minimum atomic E-state index is -0.456. The number of thioether (sulfide) groups is 1. The number of aryl methyl sites for hydroxylation is 3. The Bertz CT molecular complexity index is 1100. The fourth-order valence-electron chi connectivity index (χ4n) is 3.47. The first kappa shape index (κ1) is 18.3. The number of thiophene rings is 1. The Kier molecular flexibility index (Phi) is 4.82. The molecule has 0 fully saturated rings. The predicted octanol–water partition coefficient (Wildman–Crippen LogP) is 3.90. The number of aromatic nitrogens is 2. The number of hydrogen-bond acceptors (Lipinski definition) is 6. The second-order valence-corrected chi connectivity index (χ2v) is 9.09. The maximum absolute atomic E-state index is 13.5. The molecule has 0 radical (unpaired) electrons. The highest BCUT2D eigenvalue weighted by molar-refractivity contribution is 8.00. The van der Waals surface area contributed by atoms with Crippen molar-refractivity contribution in [2.75, 3.05) is 7.11 Å². The van der Waals surface area contributed by atoms with Crippen LogP contribution >= 0.6 is 23.1 Å². The minimum Gasteiger partial charge on any atom is -0.468 e. The molecule has 27 heavy (non-hydrogen) atoms. The Morgan fingerprint density at radius 3 is 2.93 bits per heavy atom. The van der Waals surface area contributed by atoms with Crippen LogP contribution < -0.4 is 5.56 Å². The number of hydrogen-bond donors (Lipinski definition) is 0. The summed E-state index contributed by atoms with van der Waals surface area (Å²) in [5.41, 5.74) is 2.94. The molecule has 3 aromatic rings. The lowest BCUT2D eigenvalue weighted by molar-refractivity contribution is -0.139. The molecule has 0 N–H and O–H groups in total. The molecule has 0 saturated heterocycles. The van der Waals surface area contributed by atoms with Crippen molar-refractivity contribution in [2.45, 2.75) is 43.5 Å². The standard InChI is InChI=1S/C20H20N2O3S2/c1-11-6-4-7-13(10-11)22-18(23)16-14-8-5-9-15(14)27-17(16)21-20(22)26-12(2)19(24)25-3/h4,6-7,10,12H,5,8-9H2,1-3H3. The highest BCUT2D eigenvalue weighted by Gasteiger charge is 2.26. The second kappa shape index (κ2) is 7.13. The van der Waals surface area contributed by atoms with Gasteiger partial charge in [-0.15, -0.1) is 11.3 Å². The lowest BCUT2D eigenvalue weighted by Gasteiger charge is -2.15. The van der Waals surface area contributed by atoms with Crippen LogP contribution in [0.4, 0.5) is 0 Å². The van der Waals surface area contributed by atoms with Crippen LogP contribution in [-0.4, -0.2) is 27.9 Å². The quantitative estimate of drug-likeness (QED) is 0.378. The summed E-state index contributed by atoms with van der Waals surface area (Å²) < 4.78 is 6.49. The van der Waals surface area contributed by atoms with Gasteiger partial charge in [-0.1, -0.05) is 23.9 Å². The third-order valence-corrected chi connectivity index (χ3v) is 7.00. The molecule has 1 unspecified atom stereocenters. The number of carbonyl (C=O) groups is 1. The smallest absolute Gasteiger partial charge is 0.318 e. The Labute approximate surface area is 165 Å². The number of rotatable bonds is 4. The van der Waals surface area contributed by atoms with E-state index in [4.69, 9.17) is 9.72 Å². The summed E-state index contributed by atoms with van der Waals surface area (Å²) in [6.07, 6.45) is 3.04. The zero-order chi connectivity index (χ0) is 19.1. The van der Waals surface area contributed by atoms with Crippen LogP contribution in [0.15, 0.2) is 34.2 Å². The number of methoxy groups -OCH3 is 1. The largest absolute Gasteiger partial charge is 0.468 e. The second-order valence-electron chi connectivity index (χ2n) is 6.69. The molecular formula is C20H20N2O3S2. The summed E-state index contributed by atoms with van der Waals surface area (Å²) >= 11 is 2.87. The highest BCUT2D eigenvalue weighted by Crippen LogP contribution is 2.36. The van der Waals surface area contributed by atoms with Crippen LogP contribution in [0.2, 0.25) is 0 Å². The monoisotopic (exact) mass is 400 g/mol. The van der Waals surface area contributed by atoms with Crippen molar-refractivity contribution in [3.05, 3.63) is 50.6 Å². The third kappa shape index (κ3) is 3.19. The van der Waals surface area contributed by atoms with Gasteiger partial charge in [0.15, 0.2) is 5.16 Å². The lowest BCUT2D eigenvalue weighted by Crippen LogP contribution is -2.24.